The molecule has 0 aliphatic rings. The molecule has 0 saturated heterocycles. The summed E-state index contributed by atoms with van der Waals surface area (Å²) in [6, 6.07) is 1.69. The van der Waals surface area contributed by atoms with Crippen molar-refractivity contribution in [1.82, 2.24) is 9.78 Å². The Bertz CT molecular complexity index is 385. The van der Waals surface area contributed by atoms with Crippen molar-refractivity contribution >= 4 is 5.97 Å². The molecular formula is C10H17N3O3. The Hall–Kier alpha value is -1.40. The van der Waals surface area contributed by atoms with Gasteiger partial charge in [-0.05, 0) is 6.07 Å². The fraction of sp³-hybridized carbons (Fsp3) is 0.600. The van der Waals surface area contributed by atoms with Crippen molar-refractivity contribution in [3.8, 4) is 0 Å². The summed E-state index contributed by atoms with van der Waals surface area (Å²) in [5, 5.41) is 4.08. The van der Waals surface area contributed by atoms with Crippen molar-refractivity contribution in [1.29, 1.82) is 0 Å². The van der Waals surface area contributed by atoms with Gasteiger partial charge in [0, 0.05) is 18.2 Å². The van der Waals surface area contributed by atoms with Gasteiger partial charge >= 0.3 is 5.97 Å². The van der Waals surface area contributed by atoms with Crippen molar-refractivity contribution in [3.63, 3.8) is 0 Å². The van der Waals surface area contributed by atoms with E-state index in [0.29, 0.717) is 6.61 Å². The summed E-state index contributed by atoms with van der Waals surface area (Å²) in [6.07, 6.45) is 0. The number of esters is 1. The van der Waals surface area contributed by atoms with E-state index >= 15 is 0 Å². The average Bonchev–Trinajstić information content (AvgIpc) is 2.60. The second-order valence-corrected chi connectivity index (χ2v) is 4.22. The summed E-state index contributed by atoms with van der Waals surface area (Å²) >= 11 is 0. The lowest BCUT2D eigenvalue weighted by atomic mass is 9.90. The van der Waals surface area contributed by atoms with E-state index in [2.05, 4.69) is 14.7 Å². The molecule has 0 aliphatic carbocycles. The highest BCUT2D eigenvalue weighted by molar-refractivity contribution is 5.87. The predicted molar refractivity (Wildman–Crippen MR) is 57.7 cm³/mol. The fourth-order valence-electron chi connectivity index (χ4n) is 1.59. The van der Waals surface area contributed by atoms with Gasteiger partial charge in [-0.25, -0.2) is 10.7 Å². The van der Waals surface area contributed by atoms with Crippen LogP contribution in [0.2, 0.25) is 0 Å². The predicted octanol–water partition coefficient (Wildman–Crippen LogP) is 0.375. The largest absolute Gasteiger partial charge is 0.464 e. The molecule has 0 atom stereocenters. The summed E-state index contributed by atoms with van der Waals surface area (Å²) in [6.45, 7) is 4.25. The molecule has 0 saturated carbocycles. The first-order valence-corrected chi connectivity index (χ1v) is 4.87. The van der Waals surface area contributed by atoms with E-state index in [0.717, 1.165) is 5.69 Å². The minimum Gasteiger partial charge on any atom is -0.464 e. The molecule has 6 nitrogen and oxygen atoms in total. The summed E-state index contributed by atoms with van der Waals surface area (Å²) in [5.41, 5.74) is 0.825. The first-order valence-electron chi connectivity index (χ1n) is 4.87. The molecule has 0 aromatic carbocycles. The highest BCUT2D eigenvalue weighted by Gasteiger charge is 2.27. The van der Waals surface area contributed by atoms with E-state index in [9.17, 15) is 4.79 Å². The van der Waals surface area contributed by atoms with Gasteiger partial charge in [-0.2, -0.15) is 5.10 Å². The lowest BCUT2D eigenvalue weighted by Crippen LogP contribution is -2.28. The Morgan fingerprint density at radius 3 is 2.75 bits per heavy atom. The Kier molecular flexibility index (Phi) is 3.66. The van der Waals surface area contributed by atoms with Gasteiger partial charge in [0.05, 0.1) is 13.7 Å². The molecule has 1 heterocycles. The molecule has 2 N–H and O–H groups in total. The van der Waals surface area contributed by atoms with Gasteiger partial charge in [-0.3, -0.25) is 4.68 Å². The van der Waals surface area contributed by atoms with E-state index in [1.165, 1.54) is 7.11 Å². The van der Waals surface area contributed by atoms with Crippen LogP contribution in [0.5, 0.6) is 0 Å². The van der Waals surface area contributed by atoms with Gasteiger partial charge in [-0.1, -0.05) is 13.8 Å². The quantitative estimate of drug-likeness (QED) is 0.594. The Labute approximate surface area is 94.3 Å². The fourth-order valence-corrected chi connectivity index (χ4v) is 1.59. The molecule has 90 valence electrons. The smallest absolute Gasteiger partial charge is 0.358 e. The van der Waals surface area contributed by atoms with Gasteiger partial charge in [0.15, 0.2) is 5.69 Å². The third kappa shape index (κ3) is 2.40. The standard InChI is InChI=1S/C10H17N3O3/c1-10(2,6-16-11)8-5-7(9(14)15-4)12-13(8)3/h5H,6,11H2,1-4H3. The Morgan fingerprint density at radius 1 is 1.62 bits per heavy atom. The number of rotatable bonds is 4. The van der Waals surface area contributed by atoms with Crippen molar-refractivity contribution in [3.05, 3.63) is 17.5 Å². The zero-order chi connectivity index (χ0) is 12.3. The van der Waals surface area contributed by atoms with Crippen LogP contribution in [0.3, 0.4) is 0 Å². The maximum atomic E-state index is 11.3. The van der Waals surface area contributed by atoms with Crippen molar-refractivity contribution in [2.75, 3.05) is 13.7 Å². The average molecular weight is 227 g/mol. The van der Waals surface area contributed by atoms with E-state index in [4.69, 9.17) is 5.90 Å². The number of carbonyl (C=O) groups excluding carboxylic acids is 1. The van der Waals surface area contributed by atoms with Crippen molar-refractivity contribution in [2.24, 2.45) is 12.9 Å². The topological polar surface area (TPSA) is 79.4 Å². The molecule has 0 radical (unpaired) electrons. The monoisotopic (exact) mass is 227 g/mol. The highest BCUT2D eigenvalue weighted by Crippen LogP contribution is 2.23. The maximum Gasteiger partial charge on any atom is 0.358 e. The molecule has 1 aromatic heterocycles. The van der Waals surface area contributed by atoms with E-state index in [-0.39, 0.29) is 11.1 Å². The third-order valence-corrected chi connectivity index (χ3v) is 2.41. The molecule has 16 heavy (non-hydrogen) atoms. The van der Waals surface area contributed by atoms with Gasteiger partial charge in [0.1, 0.15) is 0 Å². The van der Waals surface area contributed by atoms with Crippen LogP contribution in [0.1, 0.15) is 30.0 Å². The zero-order valence-corrected chi connectivity index (χ0v) is 9.98. The molecule has 0 spiro atoms. The van der Waals surface area contributed by atoms with Crippen LogP contribution < -0.4 is 5.90 Å². The zero-order valence-electron chi connectivity index (χ0n) is 9.98. The molecule has 0 aliphatic heterocycles. The number of nitrogens with two attached hydrogens (primary N) is 1. The van der Waals surface area contributed by atoms with Crippen LogP contribution in [0.25, 0.3) is 0 Å². The van der Waals surface area contributed by atoms with Crippen LogP contribution in [-0.4, -0.2) is 29.5 Å². The molecular weight excluding hydrogens is 210 g/mol. The molecule has 1 aromatic rings. The summed E-state index contributed by atoms with van der Waals surface area (Å²) < 4.78 is 6.24. The molecule has 6 heteroatoms. The molecule has 0 fully saturated rings. The minimum absolute atomic E-state index is 0.282. The third-order valence-electron chi connectivity index (χ3n) is 2.41. The first-order chi connectivity index (χ1) is 7.42. The van der Waals surface area contributed by atoms with Crippen LogP contribution >= 0.6 is 0 Å². The summed E-state index contributed by atoms with van der Waals surface area (Å²) in [5.74, 6) is 4.62. The van der Waals surface area contributed by atoms with E-state index < -0.39 is 5.97 Å². The second kappa shape index (κ2) is 4.63. The van der Waals surface area contributed by atoms with Crippen LogP contribution in [-0.2, 0) is 22.0 Å². The number of aryl methyl sites for hydroxylation is 1. The molecule has 0 unspecified atom stereocenters. The van der Waals surface area contributed by atoms with Gasteiger partial charge in [0.2, 0.25) is 0 Å². The number of carbonyl (C=O) groups is 1. The number of aromatic nitrogens is 2. The highest BCUT2D eigenvalue weighted by atomic mass is 16.6. The number of methoxy groups -OCH3 is 1. The summed E-state index contributed by atoms with van der Waals surface area (Å²) in [7, 11) is 3.09. The maximum absolute atomic E-state index is 11.3. The van der Waals surface area contributed by atoms with Gasteiger partial charge < -0.3 is 9.57 Å². The number of nitrogens with zero attached hydrogens (tertiary/aromatic N) is 2. The van der Waals surface area contributed by atoms with Crippen LogP contribution in [0, 0.1) is 0 Å². The van der Waals surface area contributed by atoms with E-state index in [1.54, 1.807) is 17.8 Å². The Morgan fingerprint density at radius 2 is 2.25 bits per heavy atom. The molecule has 0 amide bonds. The Balaban J connectivity index is 3.06. The minimum atomic E-state index is -0.452. The molecule has 1 rings (SSSR count). The van der Waals surface area contributed by atoms with Crippen LogP contribution in [0.4, 0.5) is 0 Å². The van der Waals surface area contributed by atoms with E-state index in [1.807, 2.05) is 13.8 Å². The van der Waals surface area contributed by atoms with Crippen molar-refractivity contribution < 1.29 is 14.4 Å². The number of hydrogen-bond donors (Lipinski definition) is 1. The summed E-state index contributed by atoms with van der Waals surface area (Å²) in [4.78, 5) is 16.0. The lowest BCUT2D eigenvalue weighted by Gasteiger charge is -2.22. The SMILES string of the molecule is COC(=O)c1cc(C(C)(C)CON)n(C)n1. The van der Waals surface area contributed by atoms with Crippen LogP contribution in [0.15, 0.2) is 6.07 Å². The van der Waals surface area contributed by atoms with Crippen molar-refractivity contribution in [2.45, 2.75) is 19.3 Å². The second-order valence-electron chi connectivity index (χ2n) is 4.22. The molecule has 0 bridgehead atoms. The lowest BCUT2D eigenvalue weighted by molar-refractivity contribution is 0.0593. The normalized spacial score (nSPS) is 11.6. The van der Waals surface area contributed by atoms with Gasteiger partial charge in [-0.15, -0.1) is 0 Å². The first kappa shape index (κ1) is 12.7. The van der Waals surface area contributed by atoms with Gasteiger partial charge in [0.25, 0.3) is 0 Å². The number of ether oxygens (including phenoxy) is 1. The number of hydrogen-bond acceptors (Lipinski definition) is 5.